The summed E-state index contributed by atoms with van der Waals surface area (Å²) in [6.07, 6.45) is 0. The van der Waals surface area contributed by atoms with E-state index in [0.29, 0.717) is 5.56 Å². The number of hydrogen-bond donors (Lipinski definition) is 0. The lowest BCUT2D eigenvalue weighted by Crippen LogP contribution is -2.22. The van der Waals surface area contributed by atoms with Crippen LogP contribution in [0.25, 0.3) is 0 Å². The van der Waals surface area contributed by atoms with Crippen molar-refractivity contribution >= 4 is 16.8 Å². The van der Waals surface area contributed by atoms with Gasteiger partial charge in [-0.15, -0.1) is 0 Å². The van der Waals surface area contributed by atoms with Gasteiger partial charge in [-0.25, -0.2) is 0 Å². The predicted octanol–water partition coefficient (Wildman–Crippen LogP) is 2.85. The third kappa shape index (κ3) is 1.86. The molecule has 0 radical (unpaired) electrons. The number of hydrogen-bond acceptors (Lipinski definition) is 1. The molecule has 0 amide bonds. The zero-order valence-electron chi connectivity index (χ0n) is 6.85. The van der Waals surface area contributed by atoms with Crippen molar-refractivity contribution in [3.63, 3.8) is 0 Å². The molecule has 0 aliphatic heterocycles. The molecule has 1 rings (SSSR count). The van der Waals surface area contributed by atoms with E-state index in [1.54, 1.807) is 6.07 Å². The molecule has 1 aromatic carbocycles. The van der Waals surface area contributed by atoms with Crippen LogP contribution in [0.15, 0.2) is 24.3 Å². The molecule has 0 saturated heterocycles. The predicted molar refractivity (Wildman–Crippen MR) is 45.9 cm³/mol. The molecule has 0 atom stereocenters. The number of carbonyl (C=O) groups is 1. The molecule has 1 nitrogen and oxygen atoms in total. The molecular weight excluding hydrogens is 198 g/mol. The summed E-state index contributed by atoms with van der Waals surface area (Å²) in [5, 5.41) is -1.65. The summed E-state index contributed by atoms with van der Waals surface area (Å²) in [5.41, 5.74) is 0.0106. The number of aryl methyl sites for hydroxylation is 1. The second-order valence-corrected chi connectivity index (χ2v) is 3.01. The van der Waals surface area contributed by atoms with Gasteiger partial charge in [0.15, 0.2) is 0 Å². The van der Waals surface area contributed by atoms with E-state index in [9.17, 15) is 13.6 Å². The van der Waals surface area contributed by atoms with E-state index in [0.717, 1.165) is 0 Å². The molecule has 70 valence electrons. The highest BCUT2D eigenvalue weighted by molar-refractivity contribution is 6.65. The Morgan fingerprint density at radius 2 is 1.92 bits per heavy atom. The van der Waals surface area contributed by atoms with Crippen molar-refractivity contribution in [1.29, 1.82) is 0 Å². The van der Waals surface area contributed by atoms with Crippen LogP contribution < -0.4 is 0 Å². The summed E-state index contributed by atoms with van der Waals surface area (Å²) in [7, 11) is 0. The average molecular weight is 205 g/mol. The first kappa shape index (κ1) is 10.1. The minimum Gasteiger partial charge on any atom is -0.274 e. The maximum absolute atomic E-state index is 13.1. The fraction of sp³-hybridized carbons (Fsp3) is 0.222. The van der Waals surface area contributed by atoms with Gasteiger partial charge < -0.3 is 0 Å². The molecule has 1 aromatic rings. The lowest BCUT2D eigenvalue weighted by atomic mass is 10.0. The van der Waals surface area contributed by atoms with E-state index in [1.807, 2.05) is 0 Å². The van der Waals surface area contributed by atoms with Crippen molar-refractivity contribution in [2.75, 3.05) is 0 Å². The van der Waals surface area contributed by atoms with Crippen LogP contribution in [0.5, 0.6) is 0 Å². The third-order valence-electron chi connectivity index (χ3n) is 1.73. The van der Waals surface area contributed by atoms with Gasteiger partial charge in [0, 0.05) is 5.56 Å². The third-order valence-corrected chi connectivity index (χ3v) is 1.97. The molecule has 0 bridgehead atoms. The smallest absolute Gasteiger partial charge is 0.274 e. The van der Waals surface area contributed by atoms with Crippen molar-refractivity contribution in [3.8, 4) is 0 Å². The molecule has 0 fully saturated rings. The molecule has 13 heavy (non-hydrogen) atoms. The standard InChI is InChI=1S/C9H7ClF2O/c1-6-4-2-3-5-7(6)9(11,12)8(10)13/h2-5H,1H3. The van der Waals surface area contributed by atoms with Crippen LogP contribution in [-0.2, 0) is 10.7 Å². The van der Waals surface area contributed by atoms with Gasteiger partial charge in [-0.3, -0.25) is 4.79 Å². The van der Waals surface area contributed by atoms with Crippen LogP contribution in [0, 0.1) is 6.92 Å². The highest BCUT2D eigenvalue weighted by atomic mass is 35.5. The molecular formula is C9H7ClF2O. The Kier molecular flexibility index (Phi) is 2.66. The molecule has 4 heteroatoms. The van der Waals surface area contributed by atoms with Gasteiger partial charge in [-0.05, 0) is 24.1 Å². The van der Waals surface area contributed by atoms with Crippen molar-refractivity contribution in [3.05, 3.63) is 35.4 Å². The summed E-state index contributed by atoms with van der Waals surface area (Å²) in [4.78, 5) is 10.4. The number of carbonyl (C=O) groups excluding carboxylic acids is 1. The van der Waals surface area contributed by atoms with Crippen LogP contribution in [-0.4, -0.2) is 5.24 Å². The maximum atomic E-state index is 13.1. The normalized spacial score (nSPS) is 11.4. The van der Waals surface area contributed by atoms with Crippen LogP contribution in [0.4, 0.5) is 8.78 Å². The number of halogens is 3. The average Bonchev–Trinajstić information content (AvgIpc) is 2.04. The van der Waals surface area contributed by atoms with Gasteiger partial charge in [-0.1, -0.05) is 24.3 Å². The number of rotatable bonds is 2. The van der Waals surface area contributed by atoms with E-state index in [1.165, 1.54) is 25.1 Å². The largest absolute Gasteiger partial charge is 0.345 e. The Morgan fingerprint density at radius 3 is 2.38 bits per heavy atom. The second kappa shape index (κ2) is 3.42. The molecule has 0 N–H and O–H groups in total. The molecule has 0 spiro atoms. The Bertz CT molecular complexity index is 336. The minimum absolute atomic E-state index is 0.338. The Hall–Kier alpha value is -0.960. The van der Waals surface area contributed by atoms with Crippen molar-refractivity contribution < 1.29 is 13.6 Å². The van der Waals surface area contributed by atoms with E-state index in [-0.39, 0.29) is 5.56 Å². The highest BCUT2D eigenvalue weighted by Crippen LogP contribution is 2.32. The van der Waals surface area contributed by atoms with Crippen LogP contribution >= 0.6 is 11.6 Å². The number of alkyl halides is 2. The van der Waals surface area contributed by atoms with E-state index >= 15 is 0 Å². The SMILES string of the molecule is Cc1ccccc1C(F)(F)C(=O)Cl. The highest BCUT2D eigenvalue weighted by Gasteiger charge is 2.40. The van der Waals surface area contributed by atoms with E-state index < -0.39 is 11.2 Å². The fourth-order valence-corrected chi connectivity index (χ4v) is 1.13. The zero-order chi connectivity index (χ0) is 10.1. The second-order valence-electron chi connectivity index (χ2n) is 2.66. The Labute approximate surface area is 79.3 Å². The molecule has 0 aromatic heterocycles. The van der Waals surface area contributed by atoms with Crippen LogP contribution in [0.1, 0.15) is 11.1 Å². The van der Waals surface area contributed by atoms with Gasteiger partial charge >= 0.3 is 5.92 Å². The van der Waals surface area contributed by atoms with Crippen molar-refractivity contribution in [2.45, 2.75) is 12.8 Å². The number of benzene rings is 1. The monoisotopic (exact) mass is 204 g/mol. The van der Waals surface area contributed by atoms with Crippen LogP contribution in [0.3, 0.4) is 0 Å². The first-order valence-corrected chi connectivity index (χ1v) is 3.98. The summed E-state index contributed by atoms with van der Waals surface area (Å²) in [5.74, 6) is -3.59. The van der Waals surface area contributed by atoms with Gasteiger partial charge in [0.1, 0.15) is 0 Å². The van der Waals surface area contributed by atoms with E-state index in [4.69, 9.17) is 11.6 Å². The molecule has 0 heterocycles. The first-order chi connectivity index (χ1) is 5.96. The Balaban J connectivity index is 3.22. The molecule has 0 saturated carbocycles. The lowest BCUT2D eigenvalue weighted by Gasteiger charge is -2.13. The van der Waals surface area contributed by atoms with Gasteiger partial charge in [0.05, 0.1) is 0 Å². The van der Waals surface area contributed by atoms with Gasteiger partial charge in [-0.2, -0.15) is 8.78 Å². The quantitative estimate of drug-likeness (QED) is 0.677. The minimum atomic E-state index is -3.59. The molecule has 0 aliphatic carbocycles. The zero-order valence-corrected chi connectivity index (χ0v) is 7.61. The molecule has 0 aliphatic rings. The summed E-state index contributed by atoms with van der Waals surface area (Å²) < 4.78 is 26.1. The summed E-state index contributed by atoms with van der Waals surface area (Å²) in [6, 6.07) is 5.75. The first-order valence-electron chi connectivity index (χ1n) is 3.60. The van der Waals surface area contributed by atoms with Crippen molar-refractivity contribution in [2.24, 2.45) is 0 Å². The Morgan fingerprint density at radius 1 is 1.38 bits per heavy atom. The summed E-state index contributed by atoms with van der Waals surface area (Å²) in [6.45, 7) is 1.50. The topological polar surface area (TPSA) is 17.1 Å². The van der Waals surface area contributed by atoms with Gasteiger partial charge in [0.25, 0.3) is 5.24 Å². The van der Waals surface area contributed by atoms with Gasteiger partial charge in [0.2, 0.25) is 0 Å². The lowest BCUT2D eigenvalue weighted by molar-refractivity contribution is -0.135. The van der Waals surface area contributed by atoms with E-state index in [2.05, 4.69) is 0 Å². The molecule has 0 unspecified atom stereocenters. The van der Waals surface area contributed by atoms with Crippen molar-refractivity contribution in [1.82, 2.24) is 0 Å². The fourth-order valence-electron chi connectivity index (χ4n) is 1.03. The maximum Gasteiger partial charge on any atom is 0.345 e. The summed E-state index contributed by atoms with van der Waals surface area (Å²) >= 11 is 4.79. The van der Waals surface area contributed by atoms with Crippen LogP contribution in [0.2, 0.25) is 0 Å².